The van der Waals surface area contributed by atoms with Gasteiger partial charge in [0.1, 0.15) is 17.3 Å². The molecule has 9 heteroatoms. The number of para-hydroxylation sites is 1. The lowest BCUT2D eigenvalue weighted by Crippen LogP contribution is -2.48. The number of benzene rings is 1. The Morgan fingerprint density at radius 1 is 1.35 bits per heavy atom. The van der Waals surface area contributed by atoms with Gasteiger partial charge in [-0.3, -0.25) is 4.79 Å². The monoisotopic (exact) mass is 362 g/mol. The summed E-state index contributed by atoms with van der Waals surface area (Å²) in [6, 6.07) is 6.10. The van der Waals surface area contributed by atoms with Crippen molar-refractivity contribution in [3.05, 3.63) is 41.7 Å². The van der Waals surface area contributed by atoms with Crippen molar-refractivity contribution in [1.29, 1.82) is 0 Å². The summed E-state index contributed by atoms with van der Waals surface area (Å²) >= 11 is 0. The minimum atomic E-state index is -1.13. The van der Waals surface area contributed by atoms with Crippen LogP contribution < -0.4 is 0 Å². The SMILES string of the molecule is CC(C)c1nc(C(=O)N2CCO[C@H](C(=O)O)C2)nn1-c1ccccc1F. The maximum atomic E-state index is 14.2. The highest BCUT2D eigenvalue weighted by Gasteiger charge is 2.32. The number of morpholine rings is 1. The van der Waals surface area contributed by atoms with E-state index in [0.29, 0.717) is 5.82 Å². The van der Waals surface area contributed by atoms with E-state index in [1.54, 1.807) is 18.2 Å². The van der Waals surface area contributed by atoms with Gasteiger partial charge in [-0.2, -0.15) is 0 Å². The van der Waals surface area contributed by atoms with Crippen molar-refractivity contribution < 1.29 is 23.8 Å². The van der Waals surface area contributed by atoms with E-state index in [1.807, 2.05) is 13.8 Å². The zero-order chi connectivity index (χ0) is 18.8. The summed E-state index contributed by atoms with van der Waals surface area (Å²) in [7, 11) is 0. The lowest BCUT2D eigenvalue weighted by atomic mass is 10.2. The molecule has 0 aliphatic carbocycles. The van der Waals surface area contributed by atoms with Crippen LogP contribution >= 0.6 is 0 Å². The first-order valence-corrected chi connectivity index (χ1v) is 8.24. The largest absolute Gasteiger partial charge is 0.479 e. The molecule has 0 spiro atoms. The molecule has 1 fully saturated rings. The molecule has 1 aromatic heterocycles. The number of carboxylic acid groups (broad SMARTS) is 1. The van der Waals surface area contributed by atoms with Crippen molar-refractivity contribution in [2.24, 2.45) is 0 Å². The van der Waals surface area contributed by atoms with Crippen LogP contribution in [0.25, 0.3) is 5.69 Å². The second-order valence-electron chi connectivity index (χ2n) is 6.26. The number of ether oxygens (including phenoxy) is 1. The number of aromatic nitrogens is 3. The van der Waals surface area contributed by atoms with Crippen molar-refractivity contribution in [3.8, 4) is 5.69 Å². The molecule has 2 heterocycles. The first kappa shape index (κ1) is 18.0. The number of halogens is 1. The van der Waals surface area contributed by atoms with Gasteiger partial charge in [-0.1, -0.05) is 26.0 Å². The predicted octanol–water partition coefficient (Wildman–Crippen LogP) is 1.46. The standard InChI is InChI=1S/C17H19FN4O4/c1-10(2)15-19-14(20-22(15)12-6-4-3-5-11(12)18)16(23)21-7-8-26-13(9-21)17(24)25/h3-6,10,13H,7-9H2,1-2H3,(H,24,25)/t13-/m0/s1. The molecule has 138 valence electrons. The van der Waals surface area contributed by atoms with Crippen molar-refractivity contribution in [2.45, 2.75) is 25.9 Å². The highest BCUT2D eigenvalue weighted by Crippen LogP contribution is 2.20. The van der Waals surface area contributed by atoms with Crippen molar-refractivity contribution in [2.75, 3.05) is 19.7 Å². The summed E-state index contributed by atoms with van der Waals surface area (Å²) in [5.41, 5.74) is 0.202. The molecule has 2 aromatic rings. The fourth-order valence-electron chi connectivity index (χ4n) is 2.71. The first-order valence-electron chi connectivity index (χ1n) is 8.24. The molecule has 0 unspecified atom stereocenters. The van der Waals surface area contributed by atoms with Gasteiger partial charge in [-0.15, -0.1) is 5.10 Å². The quantitative estimate of drug-likeness (QED) is 0.884. The minimum absolute atomic E-state index is 0.0839. The molecule has 1 aliphatic heterocycles. The molecular weight excluding hydrogens is 343 g/mol. The third-order valence-electron chi connectivity index (χ3n) is 4.05. The molecule has 0 saturated carbocycles. The molecule has 3 rings (SSSR count). The number of hydrogen-bond acceptors (Lipinski definition) is 5. The Bertz CT molecular complexity index is 836. The van der Waals surface area contributed by atoms with E-state index < -0.39 is 23.8 Å². The predicted molar refractivity (Wildman–Crippen MR) is 88.7 cm³/mol. The van der Waals surface area contributed by atoms with Crippen LogP contribution in [0, 0.1) is 5.82 Å². The van der Waals surface area contributed by atoms with Gasteiger partial charge in [0.15, 0.2) is 6.10 Å². The van der Waals surface area contributed by atoms with Gasteiger partial charge < -0.3 is 14.7 Å². The second kappa shape index (κ2) is 7.20. The van der Waals surface area contributed by atoms with Crippen LogP contribution in [0.15, 0.2) is 24.3 Å². The number of nitrogens with zero attached hydrogens (tertiary/aromatic N) is 4. The number of carbonyl (C=O) groups is 2. The molecule has 1 aromatic carbocycles. The van der Waals surface area contributed by atoms with Crippen molar-refractivity contribution in [3.63, 3.8) is 0 Å². The Kier molecular flexibility index (Phi) is 4.99. The van der Waals surface area contributed by atoms with E-state index in [-0.39, 0.29) is 37.1 Å². The summed E-state index contributed by atoms with van der Waals surface area (Å²) in [5.74, 6) is -1.85. The average Bonchev–Trinajstić information content (AvgIpc) is 3.07. The number of amides is 1. The van der Waals surface area contributed by atoms with E-state index in [1.165, 1.54) is 15.6 Å². The van der Waals surface area contributed by atoms with E-state index in [9.17, 15) is 14.0 Å². The van der Waals surface area contributed by atoms with Gasteiger partial charge >= 0.3 is 5.97 Å². The van der Waals surface area contributed by atoms with Crippen LogP contribution in [0.2, 0.25) is 0 Å². The Balaban J connectivity index is 1.94. The molecule has 0 radical (unpaired) electrons. The molecule has 1 N–H and O–H groups in total. The van der Waals surface area contributed by atoms with Crippen LogP contribution in [0.3, 0.4) is 0 Å². The molecular formula is C17H19FN4O4. The Labute approximate surface area is 149 Å². The maximum Gasteiger partial charge on any atom is 0.334 e. The van der Waals surface area contributed by atoms with Gasteiger partial charge in [-0.25, -0.2) is 18.9 Å². The van der Waals surface area contributed by atoms with E-state index in [4.69, 9.17) is 9.84 Å². The molecule has 1 amide bonds. The normalized spacial score (nSPS) is 17.5. The lowest BCUT2D eigenvalue weighted by Gasteiger charge is -2.29. The van der Waals surface area contributed by atoms with E-state index >= 15 is 0 Å². The Morgan fingerprint density at radius 2 is 2.08 bits per heavy atom. The van der Waals surface area contributed by atoms with Crippen LogP contribution in [-0.4, -0.2) is 62.4 Å². The van der Waals surface area contributed by atoms with Crippen LogP contribution in [0.4, 0.5) is 4.39 Å². The topological polar surface area (TPSA) is 97.6 Å². The second-order valence-corrected chi connectivity index (χ2v) is 6.26. The van der Waals surface area contributed by atoms with Crippen LogP contribution in [-0.2, 0) is 9.53 Å². The summed E-state index contributed by atoms with van der Waals surface area (Å²) in [6.07, 6.45) is -1.08. The highest BCUT2D eigenvalue weighted by molar-refractivity contribution is 5.91. The van der Waals surface area contributed by atoms with Gasteiger partial charge in [0.2, 0.25) is 5.82 Å². The van der Waals surface area contributed by atoms with Gasteiger partial charge in [-0.05, 0) is 12.1 Å². The number of aliphatic carboxylic acids is 1. The summed E-state index contributed by atoms with van der Waals surface area (Å²) in [4.78, 5) is 29.4. The van der Waals surface area contributed by atoms with E-state index in [2.05, 4.69) is 10.1 Å². The van der Waals surface area contributed by atoms with Crippen molar-refractivity contribution >= 4 is 11.9 Å². The zero-order valence-electron chi connectivity index (χ0n) is 14.4. The fourth-order valence-corrected chi connectivity index (χ4v) is 2.71. The molecule has 1 atom stereocenters. The third kappa shape index (κ3) is 3.43. The van der Waals surface area contributed by atoms with E-state index in [0.717, 1.165) is 0 Å². The summed E-state index contributed by atoms with van der Waals surface area (Å²) in [5, 5.41) is 13.3. The Hall–Kier alpha value is -2.81. The number of rotatable bonds is 4. The van der Waals surface area contributed by atoms with Gasteiger partial charge in [0.05, 0.1) is 13.2 Å². The molecule has 0 bridgehead atoms. The number of carbonyl (C=O) groups excluding carboxylic acids is 1. The molecule has 1 aliphatic rings. The molecule has 8 nitrogen and oxygen atoms in total. The zero-order valence-corrected chi connectivity index (χ0v) is 14.4. The van der Waals surface area contributed by atoms with Gasteiger partial charge in [0, 0.05) is 12.5 Å². The molecule has 1 saturated heterocycles. The third-order valence-corrected chi connectivity index (χ3v) is 4.05. The summed E-state index contributed by atoms with van der Waals surface area (Å²) in [6.45, 7) is 4.01. The fraction of sp³-hybridized carbons (Fsp3) is 0.412. The van der Waals surface area contributed by atoms with Gasteiger partial charge in [0.25, 0.3) is 5.91 Å². The minimum Gasteiger partial charge on any atom is -0.479 e. The lowest BCUT2D eigenvalue weighted by molar-refractivity contribution is -0.154. The highest BCUT2D eigenvalue weighted by atomic mass is 19.1. The molecule has 26 heavy (non-hydrogen) atoms. The van der Waals surface area contributed by atoms with Crippen molar-refractivity contribution in [1.82, 2.24) is 19.7 Å². The number of hydrogen-bond donors (Lipinski definition) is 1. The maximum absolute atomic E-state index is 14.2. The first-order chi connectivity index (χ1) is 12.4. The number of carboxylic acids is 1. The van der Waals surface area contributed by atoms with Crippen LogP contribution in [0.5, 0.6) is 0 Å². The smallest absolute Gasteiger partial charge is 0.334 e. The summed E-state index contributed by atoms with van der Waals surface area (Å²) < 4.78 is 20.6. The average molecular weight is 362 g/mol. The Morgan fingerprint density at radius 3 is 2.73 bits per heavy atom. The van der Waals surface area contributed by atoms with Crippen LogP contribution in [0.1, 0.15) is 36.2 Å².